The van der Waals surface area contributed by atoms with E-state index < -0.39 is 11.6 Å². The van der Waals surface area contributed by atoms with E-state index >= 15 is 0 Å². The number of aryl methyl sites for hydroxylation is 1. The second kappa shape index (κ2) is 12.2. The van der Waals surface area contributed by atoms with Gasteiger partial charge in [-0.15, -0.1) is 5.10 Å². The van der Waals surface area contributed by atoms with Crippen LogP contribution in [0.4, 0.5) is 25.2 Å². The van der Waals surface area contributed by atoms with Crippen LogP contribution in [0.15, 0.2) is 66.9 Å². The van der Waals surface area contributed by atoms with Crippen molar-refractivity contribution < 1.29 is 18.3 Å². The Balaban J connectivity index is 0.000000360. The normalized spacial score (nSPS) is 14.6. The van der Waals surface area contributed by atoms with E-state index in [1.54, 1.807) is 10.9 Å². The van der Waals surface area contributed by atoms with E-state index in [1.165, 1.54) is 18.2 Å². The fourth-order valence-corrected chi connectivity index (χ4v) is 4.20. The molecular formula is C27H31F2N7O2. The summed E-state index contributed by atoms with van der Waals surface area (Å²) >= 11 is 0. The average Bonchev–Trinajstić information content (AvgIpc) is 3.61. The van der Waals surface area contributed by atoms with Gasteiger partial charge in [-0.2, -0.15) is 5.10 Å². The minimum Gasteiger partial charge on any atom is -0.477 e. The molecule has 0 radical (unpaired) electrons. The number of benzene rings is 2. The van der Waals surface area contributed by atoms with Crippen LogP contribution in [-0.4, -0.2) is 51.3 Å². The van der Waals surface area contributed by atoms with Gasteiger partial charge in [-0.05, 0) is 44.5 Å². The summed E-state index contributed by atoms with van der Waals surface area (Å²) in [5, 5.41) is 14.8. The number of ether oxygens (including phenoxy) is 1. The lowest BCUT2D eigenvalue weighted by atomic mass is 10.3. The number of hydrogen-bond acceptors (Lipinski definition) is 5. The molecule has 9 nitrogen and oxygen atoms in total. The number of carbonyl (C=O) groups excluding carboxylic acids is 1. The zero-order chi connectivity index (χ0) is 27.1. The Morgan fingerprint density at radius 3 is 2.45 bits per heavy atom. The number of nitrogens with zero attached hydrogens (tertiary/aromatic N) is 5. The van der Waals surface area contributed by atoms with Crippen LogP contribution in [0.3, 0.4) is 0 Å². The molecular weight excluding hydrogens is 492 g/mol. The number of rotatable bonds is 6. The highest BCUT2D eigenvalue weighted by atomic mass is 19.1. The molecule has 4 aromatic rings. The van der Waals surface area contributed by atoms with E-state index in [9.17, 15) is 13.6 Å². The number of hydrogen-bond donors (Lipinski definition) is 2. The molecule has 2 amide bonds. The van der Waals surface area contributed by atoms with Gasteiger partial charge < -0.3 is 15.0 Å². The maximum absolute atomic E-state index is 12.8. The van der Waals surface area contributed by atoms with E-state index in [0.717, 1.165) is 42.6 Å². The minimum absolute atomic E-state index is 0.0552. The predicted molar refractivity (Wildman–Crippen MR) is 142 cm³/mol. The standard InChI is InChI=1S/C21H27N7O2.C6H4F2/c1-4-30-20-15(2)19(28(25-20)17-8-6-5-7-9-17)24-21(29)23-16-11-13-27(14-16)18-10-12-22-26(18)3;7-5-2-1-3-6(8)4-5/h5-10,12,16H,4,11,13-14H2,1-3H3,(H2,23,24,29);1-4H. The van der Waals surface area contributed by atoms with Gasteiger partial charge in [0.05, 0.1) is 24.1 Å². The van der Waals surface area contributed by atoms with Gasteiger partial charge in [-0.3, -0.25) is 10.00 Å². The number of urea groups is 1. The van der Waals surface area contributed by atoms with E-state index in [1.807, 2.05) is 62.0 Å². The Morgan fingerprint density at radius 1 is 1.11 bits per heavy atom. The third-order valence-corrected chi connectivity index (χ3v) is 6.02. The molecule has 1 aliphatic heterocycles. The number of amides is 2. The zero-order valence-electron chi connectivity index (χ0n) is 21.6. The van der Waals surface area contributed by atoms with Crippen molar-refractivity contribution >= 4 is 17.7 Å². The van der Waals surface area contributed by atoms with Gasteiger partial charge in [0.25, 0.3) is 0 Å². The first-order valence-corrected chi connectivity index (χ1v) is 12.3. The summed E-state index contributed by atoms with van der Waals surface area (Å²) in [5.74, 6) is 1.10. The Hall–Kier alpha value is -4.41. The van der Waals surface area contributed by atoms with E-state index in [2.05, 4.69) is 25.7 Å². The molecule has 5 rings (SSSR count). The first-order valence-electron chi connectivity index (χ1n) is 12.3. The number of halogens is 2. The van der Waals surface area contributed by atoms with Gasteiger partial charge in [0, 0.05) is 38.3 Å². The fourth-order valence-electron chi connectivity index (χ4n) is 4.20. The molecule has 38 heavy (non-hydrogen) atoms. The van der Waals surface area contributed by atoms with Crippen LogP contribution in [0.25, 0.3) is 5.69 Å². The van der Waals surface area contributed by atoms with Gasteiger partial charge in [0.2, 0.25) is 5.88 Å². The van der Waals surface area contributed by atoms with Crippen molar-refractivity contribution in [3.63, 3.8) is 0 Å². The molecule has 3 heterocycles. The second-order valence-electron chi connectivity index (χ2n) is 8.74. The third kappa shape index (κ3) is 6.47. The van der Waals surface area contributed by atoms with Crippen molar-refractivity contribution in [1.82, 2.24) is 24.9 Å². The smallest absolute Gasteiger partial charge is 0.320 e. The summed E-state index contributed by atoms with van der Waals surface area (Å²) in [5.41, 5.74) is 1.64. The molecule has 1 aliphatic rings. The minimum atomic E-state index is -0.537. The quantitative estimate of drug-likeness (QED) is 0.383. The maximum Gasteiger partial charge on any atom is 0.320 e. The van der Waals surface area contributed by atoms with Gasteiger partial charge in [0.15, 0.2) is 0 Å². The van der Waals surface area contributed by atoms with Crippen LogP contribution < -0.4 is 20.3 Å². The first kappa shape index (κ1) is 26.6. The largest absolute Gasteiger partial charge is 0.477 e. The summed E-state index contributed by atoms with van der Waals surface area (Å²) in [6.07, 6.45) is 2.66. The molecule has 1 atom stereocenters. The van der Waals surface area contributed by atoms with Gasteiger partial charge in [0.1, 0.15) is 23.3 Å². The molecule has 0 saturated carbocycles. The lowest BCUT2D eigenvalue weighted by Gasteiger charge is -2.19. The Kier molecular flexibility index (Phi) is 8.57. The number of para-hydroxylation sites is 1. The van der Waals surface area contributed by atoms with Crippen LogP contribution >= 0.6 is 0 Å². The summed E-state index contributed by atoms with van der Waals surface area (Å²) in [4.78, 5) is 15.0. The summed E-state index contributed by atoms with van der Waals surface area (Å²) in [6, 6.07) is 16.0. The van der Waals surface area contributed by atoms with E-state index in [0.29, 0.717) is 18.3 Å². The number of nitrogens with one attached hydrogen (secondary N) is 2. The Bertz CT molecular complexity index is 1340. The molecule has 1 saturated heterocycles. The van der Waals surface area contributed by atoms with Crippen LogP contribution in [0.2, 0.25) is 0 Å². The summed E-state index contributed by atoms with van der Waals surface area (Å²) < 4.78 is 33.0. The topological polar surface area (TPSA) is 89.2 Å². The van der Waals surface area contributed by atoms with Crippen LogP contribution in [-0.2, 0) is 7.05 Å². The lowest BCUT2D eigenvalue weighted by molar-refractivity contribution is 0.249. The monoisotopic (exact) mass is 523 g/mol. The highest BCUT2D eigenvalue weighted by Gasteiger charge is 2.26. The molecule has 0 bridgehead atoms. The average molecular weight is 524 g/mol. The Morgan fingerprint density at radius 2 is 1.84 bits per heavy atom. The van der Waals surface area contributed by atoms with Gasteiger partial charge in [-0.1, -0.05) is 24.3 Å². The summed E-state index contributed by atoms with van der Waals surface area (Å²) in [6.45, 7) is 5.93. The van der Waals surface area contributed by atoms with Gasteiger partial charge in [-0.25, -0.2) is 18.3 Å². The van der Waals surface area contributed by atoms with Crippen molar-refractivity contribution in [3.8, 4) is 11.6 Å². The van der Waals surface area contributed by atoms with Crippen molar-refractivity contribution in [1.29, 1.82) is 0 Å². The fraction of sp³-hybridized carbons (Fsp3) is 0.296. The zero-order valence-corrected chi connectivity index (χ0v) is 21.6. The maximum atomic E-state index is 12.8. The van der Waals surface area contributed by atoms with Crippen LogP contribution in [0.5, 0.6) is 5.88 Å². The van der Waals surface area contributed by atoms with Gasteiger partial charge >= 0.3 is 6.03 Å². The molecule has 0 spiro atoms. The molecule has 2 aromatic carbocycles. The van der Waals surface area contributed by atoms with Crippen LogP contribution in [0.1, 0.15) is 18.9 Å². The number of aromatic nitrogens is 4. The van der Waals surface area contributed by atoms with E-state index in [-0.39, 0.29) is 12.1 Å². The second-order valence-corrected chi connectivity index (χ2v) is 8.74. The number of carbonyl (C=O) groups is 1. The lowest BCUT2D eigenvalue weighted by Crippen LogP contribution is -2.40. The van der Waals surface area contributed by atoms with Crippen molar-refractivity contribution in [3.05, 3.63) is 84.1 Å². The highest BCUT2D eigenvalue weighted by Crippen LogP contribution is 2.28. The number of anilines is 2. The third-order valence-electron chi connectivity index (χ3n) is 6.02. The molecule has 1 unspecified atom stereocenters. The summed E-state index contributed by atoms with van der Waals surface area (Å²) in [7, 11) is 1.92. The molecule has 0 aliphatic carbocycles. The first-order chi connectivity index (χ1) is 18.4. The van der Waals surface area contributed by atoms with Crippen molar-refractivity contribution in [2.75, 3.05) is 29.9 Å². The molecule has 2 N–H and O–H groups in total. The molecule has 2 aromatic heterocycles. The van der Waals surface area contributed by atoms with Crippen molar-refractivity contribution in [2.45, 2.75) is 26.3 Å². The SMILES string of the molecule is CCOc1nn(-c2ccccc2)c(NC(=O)NC2CCN(c3ccnn3C)C2)c1C.Fc1cccc(F)c1. The van der Waals surface area contributed by atoms with Crippen LogP contribution in [0, 0.1) is 18.6 Å². The highest BCUT2D eigenvalue weighted by molar-refractivity contribution is 5.90. The molecule has 200 valence electrons. The molecule has 1 fully saturated rings. The Labute approximate surface area is 220 Å². The molecule has 11 heteroatoms. The predicted octanol–water partition coefficient (Wildman–Crippen LogP) is 4.68. The van der Waals surface area contributed by atoms with Crippen molar-refractivity contribution in [2.24, 2.45) is 7.05 Å². The van der Waals surface area contributed by atoms with E-state index in [4.69, 9.17) is 4.74 Å².